The molecule has 6 atom stereocenters. The molecule has 0 aromatic heterocycles. The zero-order valence-electron chi connectivity index (χ0n) is 59.3. The molecule has 0 aliphatic carbocycles. The van der Waals surface area contributed by atoms with Crippen LogP contribution in [0, 0.1) is 17.8 Å². The van der Waals surface area contributed by atoms with Crippen molar-refractivity contribution in [2.24, 2.45) is 17.8 Å². The molecule has 0 rings (SSSR count). The maximum atomic E-state index is 13.0. The molecule has 0 heterocycles. The summed E-state index contributed by atoms with van der Waals surface area (Å²) in [5.41, 5.74) is 0. The SMILES string of the molecule is CCCCCCCCCCCCCCCCCCCCC(=O)O[C@H](COC(=O)CCCCCCCCCCCC(C)C)COP(=O)(O)OC[C@@H](O)COP(=O)(O)OC[C@@H](COC(=O)CCCCCCCCC(C)C)OC(=O)CCCCCCCCCCC(C)CC. The van der Waals surface area contributed by atoms with E-state index in [0.717, 1.165) is 108 Å². The number of phosphoric acid groups is 2. The van der Waals surface area contributed by atoms with Crippen molar-refractivity contribution in [1.29, 1.82) is 0 Å². The van der Waals surface area contributed by atoms with Crippen molar-refractivity contribution in [3.63, 3.8) is 0 Å². The molecule has 0 radical (unpaired) electrons. The minimum Gasteiger partial charge on any atom is -0.462 e. The number of ether oxygens (including phenoxy) is 4. The van der Waals surface area contributed by atoms with Crippen LogP contribution in [0.5, 0.6) is 0 Å². The van der Waals surface area contributed by atoms with E-state index in [4.69, 9.17) is 37.0 Å². The molecule has 3 unspecified atom stereocenters. The monoisotopic (exact) mass is 1340 g/mol. The van der Waals surface area contributed by atoms with Crippen LogP contribution in [0.2, 0.25) is 0 Å². The number of aliphatic hydroxyl groups excluding tert-OH is 1. The zero-order valence-corrected chi connectivity index (χ0v) is 61.1. The van der Waals surface area contributed by atoms with Gasteiger partial charge in [-0.25, -0.2) is 9.13 Å². The van der Waals surface area contributed by atoms with E-state index in [1.165, 1.54) is 167 Å². The van der Waals surface area contributed by atoms with Crippen molar-refractivity contribution in [1.82, 2.24) is 0 Å². The van der Waals surface area contributed by atoms with Crippen LogP contribution in [0.4, 0.5) is 0 Å². The highest BCUT2D eigenvalue weighted by Gasteiger charge is 2.30. The molecule has 0 bridgehead atoms. The Kier molecular flexibility index (Phi) is 61.5. The Morgan fingerprint density at radius 1 is 0.319 bits per heavy atom. The van der Waals surface area contributed by atoms with Gasteiger partial charge in [-0.1, -0.05) is 312 Å². The van der Waals surface area contributed by atoms with Crippen LogP contribution in [0.3, 0.4) is 0 Å². The fraction of sp³-hybridized carbons (Fsp3) is 0.944. The van der Waals surface area contributed by atoms with E-state index < -0.39 is 97.5 Å². The van der Waals surface area contributed by atoms with Crippen molar-refractivity contribution in [3.8, 4) is 0 Å². The molecule has 0 aliphatic rings. The first-order chi connectivity index (χ1) is 43.8. The summed E-state index contributed by atoms with van der Waals surface area (Å²) >= 11 is 0. The molecule has 0 fully saturated rings. The van der Waals surface area contributed by atoms with Crippen LogP contribution in [-0.2, 0) is 65.4 Å². The van der Waals surface area contributed by atoms with E-state index in [2.05, 4.69) is 48.5 Å². The van der Waals surface area contributed by atoms with Crippen LogP contribution in [0.15, 0.2) is 0 Å². The van der Waals surface area contributed by atoms with E-state index in [9.17, 15) is 43.2 Å². The number of carbonyl (C=O) groups is 4. The van der Waals surface area contributed by atoms with Gasteiger partial charge in [0.15, 0.2) is 12.2 Å². The Balaban J connectivity index is 5.23. The first-order valence-corrected chi connectivity index (χ1v) is 40.4. The molecular weight excluding hydrogens is 1200 g/mol. The fourth-order valence-corrected chi connectivity index (χ4v) is 12.4. The van der Waals surface area contributed by atoms with Crippen LogP contribution in [0.1, 0.15) is 363 Å². The van der Waals surface area contributed by atoms with Crippen molar-refractivity contribution in [3.05, 3.63) is 0 Å². The van der Waals surface area contributed by atoms with Gasteiger partial charge in [0, 0.05) is 25.7 Å². The lowest BCUT2D eigenvalue weighted by Gasteiger charge is -2.21. The molecule has 0 aliphatic heterocycles. The quantitative estimate of drug-likeness (QED) is 0.0222. The van der Waals surface area contributed by atoms with E-state index in [1.54, 1.807) is 0 Å². The predicted octanol–water partition coefficient (Wildman–Crippen LogP) is 20.6. The Labute approximate surface area is 556 Å². The molecule has 0 aromatic carbocycles. The normalized spacial score (nSPS) is 14.5. The van der Waals surface area contributed by atoms with Gasteiger partial charge >= 0.3 is 39.5 Å². The number of phosphoric ester groups is 2. The number of esters is 4. The Bertz CT molecular complexity index is 1790. The molecular formula is C72H140O17P2. The number of hydrogen-bond acceptors (Lipinski definition) is 15. The summed E-state index contributed by atoms with van der Waals surface area (Å²) in [5, 5.41) is 10.6. The minimum atomic E-state index is -4.95. The van der Waals surface area contributed by atoms with Gasteiger partial charge in [-0.3, -0.25) is 37.3 Å². The average molecular weight is 1340 g/mol. The van der Waals surface area contributed by atoms with E-state index >= 15 is 0 Å². The molecule has 0 saturated heterocycles. The Morgan fingerprint density at radius 2 is 0.560 bits per heavy atom. The number of hydrogen-bond donors (Lipinski definition) is 3. The second-order valence-electron chi connectivity index (χ2n) is 27.2. The number of unbranched alkanes of at least 4 members (excludes halogenated alkanes) is 37. The average Bonchev–Trinajstić information content (AvgIpc) is 2.76. The summed E-state index contributed by atoms with van der Waals surface area (Å²) in [6.07, 6.45) is 47.4. The van der Waals surface area contributed by atoms with Crippen LogP contribution < -0.4 is 0 Å². The lowest BCUT2D eigenvalue weighted by Crippen LogP contribution is -2.30. The van der Waals surface area contributed by atoms with E-state index in [-0.39, 0.29) is 25.7 Å². The van der Waals surface area contributed by atoms with E-state index in [0.29, 0.717) is 31.6 Å². The van der Waals surface area contributed by atoms with Gasteiger partial charge in [-0.05, 0) is 43.4 Å². The lowest BCUT2D eigenvalue weighted by molar-refractivity contribution is -0.161. The summed E-state index contributed by atoms with van der Waals surface area (Å²) in [5.74, 6) is 0.0654. The smallest absolute Gasteiger partial charge is 0.462 e. The molecule has 0 aromatic rings. The van der Waals surface area contributed by atoms with Gasteiger partial charge in [0.2, 0.25) is 0 Å². The molecule has 91 heavy (non-hydrogen) atoms. The largest absolute Gasteiger partial charge is 0.472 e. The number of rotatable bonds is 70. The third kappa shape index (κ3) is 65.1. The molecule has 17 nitrogen and oxygen atoms in total. The molecule has 0 saturated carbocycles. The van der Waals surface area contributed by atoms with Crippen molar-refractivity contribution >= 4 is 39.5 Å². The molecule has 540 valence electrons. The summed E-state index contributed by atoms with van der Waals surface area (Å²) < 4.78 is 68.3. The fourth-order valence-electron chi connectivity index (χ4n) is 10.9. The molecule has 19 heteroatoms. The molecule has 0 amide bonds. The van der Waals surface area contributed by atoms with Gasteiger partial charge in [-0.2, -0.15) is 0 Å². The third-order valence-corrected chi connectivity index (χ3v) is 18.9. The van der Waals surface area contributed by atoms with Gasteiger partial charge in [0.1, 0.15) is 19.3 Å². The summed E-state index contributed by atoms with van der Waals surface area (Å²) in [7, 11) is -9.90. The third-order valence-electron chi connectivity index (χ3n) is 17.0. The molecule has 3 N–H and O–H groups in total. The summed E-state index contributed by atoms with van der Waals surface area (Å²) in [4.78, 5) is 72.6. The highest BCUT2D eigenvalue weighted by atomic mass is 31.2. The summed E-state index contributed by atoms with van der Waals surface area (Å²) in [6.45, 7) is 11.8. The molecule has 0 spiro atoms. The van der Waals surface area contributed by atoms with Crippen molar-refractivity contribution in [2.75, 3.05) is 39.6 Å². The number of carbonyl (C=O) groups excluding carboxylic acids is 4. The first-order valence-electron chi connectivity index (χ1n) is 37.4. The Hall–Kier alpha value is -1.94. The first kappa shape index (κ1) is 89.1. The van der Waals surface area contributed by atoms with E-state index in [1.807, 2.05) is 0 Å². The zero-order chi connectivity index (χ0) is 67.3. The Morgan fingerprint density at radius 3 is 0.835 bits per heavy atom. The van der Waals surface area contributed by atoms with Gasteiger partial charge in [0.05, 0.1) is 26.4 Å². The van der Waals surface area contributed by atoms with Crippen molar-refractivity contribution in [2.45, 2.75) is 381 Å². The van der Waals surface area contributed by atoms with Crippen molar-refractivity contribution < 1.29 is 80.2 Å². The maximum Gasteiger partial charge on any atom is 0.472 e. The number of aliphatic hydroxyl groups is 1. The second kappa shape index (κ2) is 62.8. The van der Waals surface area contributed by atoms with Crippen LogP contribution in [-0.4, -0.2) is 96.7 Å². The standard InChI is InChI=1S/C72H140O17P2/c1-8-10-11-12-13-14-15-16-17-18-19-20-21-22-25-32-41-48-55-71(76)88-67(59-82-69(74)53-46-39-31-26-23-24-29-36-43-50-63(3)4)61-86-90(78,79)84-57-66(73)58-85-91(80,81)87-62-68(60-83-70(75)54-47-40-35-34-37-44-51-64(5)6)89-72(77)56-49-42-33-28-27-30-38-45-52-65(7)9-2/h63-68,73H,8-62H2,1-7H3,(H,78,79)(H,80,81)/t65?,66-,67-,68-/m1/s1. The van der Waals surface area contributed by atoms with Gasteiger partial charge in [0.25, 0.3) is 0 Å². The lowest BCUT2D eigenvalue weighted by atomic mass is 9.99. The summed E-state index contributed by atoms with van der Waals surface area (Å²) in [6, 6.07) is 0. The highest BCUT2D eigenvalue weighted by Crippen LogP contribution is 2.45. The van der Waals surface area contributed by atoms with Crippen LogP contribution >= 0.6 is 15.6 Å². The minimum absolute atomic E-state index is 0.104. The maximum absolute atomic E-state index is 13.0. The van der Waals surface area contributed by atoms with Crippen LogP contribution in [0.25, 0.3) is 0 Å². The second-order valence-corrected chi connectivity index (χ2v) is 30.1. The predicted molar refractivity (Wildman–Crippen MR) is 368 cm³/mol. The topological polar surface area (TPSA) is 237 Å². The van der Waals surface area contributed by atoms with Gasteiger partial charge < -0.3 is 33.8 Å². The highest BCUT2D eigenvalue weighted by molar-refractivity contribution is 7.47. The van der Waals surface area contributed by atoms with Gasteiger partial charge in [-0.15, -0.1) is 0 Å².